The molecule has 0 fully saturated rings. The Morgan fingerprint density at radius 1 is 1.29 bits per heavy atom. The van der Waals surface area contributed by atoms with Gasteiger partial charge in [-0.2, -0.15) is 0 Å². The summed E-state index contributed by atoms with van der Waals surface area (Å²) in [6.45, 7) is 0.459. The van der Waals surface area contributed by atoms with Crippen LogP contribution in [0.15, 0.2) is 12.1 Å². The summed E-state index contributed by atoms with van der Waals surface area (Å²) in [5, 5.41) is 0. The van der Waals surface area contributed by atoms with Gasteiger partial charge in [-0.25, -0.2) is 0 Å². The van der Waals surface area contributed by atoms with E-state index in [1.165, 1.54) is 17.5 Å². The van der Waals surface area contributed by atoms with E-state index in [1.54, 1.807) is 0 Å². The van der Waals surface area contributed by atoms with Gasteiger partial charge in [0.2, 0.25) is 0 Å². The molecule has 0 unspecified atom stereocenters. The fourth-order valence-electron chi connectivity index (χ4n) is 2.27. The zero-order valence-corrected chi connectivity index (χ0v) is 8.29. The molecule has 1 aliphatic carbocycles. The van der Waals surface area contributed by atoms with E-state index in [0.29, 0.717) is 6.54 Å². The van der Waals surface area contributed by atoms with Crippen molar-refractivity contribution in [3.8, 4) is 0 Å². The minimum absolute atomic E-state index is 0.108. The topological polar surface area (TPSA) is 78.1 Å². The molecule has 0 radical (unpaired) electrons. The molecule has 1 aliphatic rings. The largest absolute Gasteiger partial charge is 0.398 e. The highest BCUT2D eigenvalue weighted by molar-refractivity contribution is 5.57. The van der Waals surface area contributed by atoms with Crippen LogP contribution < -0.4 is 17.2 Å². The molecule has 0 aliphatic heterocycles. The summed E-state index contributed by atoms with van der Waals surface area (Å²) in [5.41, 5.74) is 22.1. The van der Waals surface area contributed by atoms with E-state index in [4.69, 9.17) is 17.2 Å². The molecule has 1 aromatic carbocycles. The van der Waals surface area contributed by atoms with E-state index in [2.05, 4.69) is 6.07 Å². The van der Waals surface area contributed by atoms with Crippen molar-refractivity contribution in [3.63, 3.8) is 0 Å². The van der Waals surface area contributed by atoms with Crippen LogP contribution in [0.2, 0.25) is 0 Å². The molecule has 2 rings (SSSR count). The highest BCUT2D eigenvalue weighted by atomic mass is 14.7. The van der Waals surface area contributed by atoms with Gasteiger partial charge < -0.3 is 17.2 Å². The highest BCUT2D eigenvalue weighted by Crippen LogP contribution is 2.32. The van der Waals surface area contributed by atoms with Crippen LogP contribution in [0.5, 0.6) is 0 Å². The van der Waals surface area contributed by atoms with Crippen molar-refractivity contribution in [1.29, 1.82) is 0 Å². The molecule has 0 spiro atoms. The minimum Gasteiger partial charge on any atom is -0.398 e. The zero-order valence-electron chi connectivity index (χ0n) is 8.29. The van der Waals surface area contributed by atoms with Gasteiger partial charge in [0.25, 0.3) is 0 Å². The summed E-state index contributed by atoms with van der Waals surface area (Å²) >= 11 is 0. The molecule has 6 N–H and O–H groups in total. The van der Waals surface area contributed by atoms with E-state index in [-0.39, 0.29) is 6.04 Å². The number of nitrogens with two attached hydrogens (primary N) is 3. The fourth-order valence-corrected chi connectivity index (χ4v) is 2.27. The molecule has 0 aromatic heterocycles. The van der Waals surface area contributed by atoms with Crippen molar-refractivity contribution in [1.82, 2.24) is 0 Å². The molecule has 0 saturated heterocycles. The molecule has 76 valence electrons. The van der Waals surface area contributed by atoms with Gasteiger partial charge in [0.05, 0.1) is 0 Å². The maximum Gasteiger partial charge on any atom is 0.0442 e. The Balaban J connectivity index is 2.51. The van der Waals surface area contributed by atoms with Crippen molar-refractivity contribution in [2.24, 2.45) is 11.5 Å². The molecule has 0 amide bonds. The van der Waals surface area contributed by atoms with Crippen LogP contribution in [0, 0.1) is 0 Å². The summed E-state index contributed by atoms with van der Waals surface area (Å²) in [7, 11) is 0. The number of nitrogen functional groups attached to an aromatic ring is 1. The second-order valence-electron chi connectivity index (χ2n) is 3.90. The number of hydrogen-bond donors (Lipinski definition) is 3. The van der Waals surface area contributed by atoms with Crippen molar-refractivity contribution in [3.05, 3.63) is 28.8 Å². The third-order valence-corrected chi connectivity index (χ3v) is 2.99. The van der Waals surface area contributed by atoms with Crippen molar-refractivity contribution in [2.75, 3.05) is 12.3 Å². The summed E-state index contributed by atoms with van der Waals surface area (Å²) in [5.74, 6) is 0. The number of aryl methyl sites for hydroxylation is 1. The number of anilines is 1. The van der Waals surface area contributed by atoms with E-state index in [9.17, 15) is 0 Å². The molecule has 3 heteroatoms. The first kappa shape index (κ1) is 9.49. The minimum atomic E-state index is -0.108. The number of hydrogen-bond acceptors (Lipinski definition) is 3. The molecule has 3 nitrogen and oxygen atoms in total. The van der Waals surface area contributed by atoms with Crippen LogP contribution in [0.3, 0.4) is 0 Å². The quantitative estimate of drug-likeness (QED) is 0.603. The maximum absolute atomic E-state index is 5.96. The van der Waals surface area contributed by atoms with Gasteiger partial charge in [0.15, 0.2) is 0 Å². The average molecular weight is 191 g/mol. The standard InChI is InChI=1S/C11H17N3/c12-6-10(14)11-8-3-1-2-7(8)4-5-9(11)13/h4-5,10H,1-3,6,12-14H2/t10-/m0/s1. The SMILES string of the molecule is NC[C@H](N)c1c(N)ccc2c1CCC2. The Morgan fingerprint density at radius 2 is 2.07 bits per heavy atom. The summed E-state index contributed by atoms with van der Waals surface area (Å²) in [4.78, 5) is 0. The number of benzene rings is 1. The Kier molecular flexibility index (Phi) is 2.44. The van der Waals surface area contributed by atoms with Crippen LogP contribution in [0.25, 0.3) is 0 Å². The fraction of sp³-hybridized carbons (Fsp3) is 0.455. The van der Waals surface area contributed by atoms with E-state index in [1.807, 2.05) is 6.07 Å². The molecule has 0 bridgehead atoms. The molecular formula is C11H17N3. The number of rotatable bonds is 2. The first-order chi connectivity index (χ1) is 6.74. The number of fused-ring (bicyclic) bond motifs is 1. The molecule has 0 saturated carbocycles. The molecule has 0 heterocycles. The van der Waals surface area contributed by atoms with Gasteiger partial charge in [-0.05, 0) is 42.0 Å². The summed E-state index contributed by atoms with van der Waals surface area (Å²) in [6.07, 6.45) is 3.46. The van der Waals surface area contributed by atoms with Crippen LogP contribution in [0.1, 0.15) is 29.2 Å². The van der Waals surface area contributed by atoms with Gasteiger partial charge in [-0.3, -0.25) is 0 Å². The van der Waals surface area contributed by atoms with Crippen molar-refractivity contribution in [2.45, 2.75) is 25.3 Å². The van der Waals surface area contributed by atoms with Crippen LogP contribution in [0.4, 0.5) is 5.69 Å². The third kappa shape index (κ3) is 1.38. The second kappa shape index (κ2) is 3.59. The smallest absolute Gasteiger partial charge is 0.0442 e. The van der Waals surface area contributed by atoms with Gasteiger partial charge in [-0.15, -0.1) is 0 Å². The summed E-state index contributed by atoms with van der Waals surface area (Å²) in [6, 6.07) is 3.96. The highest BCUT2D eigenvalue weighted by Gasteiger charge is 2.19. The first-order valence-corrected chi connectivity index (χ1v) is 5.09. The molecular weight excluding hydrogens is 174 g/mol. The predicted octanol–water partition coefficient (Wildman–Crippen LogP) is 0.716. The zero-order chi connectivity index (χ0) is 10.1. The lowest BCUT2D eigenvalue weighted by Gasteiger charge is -2.17. The molecule has 14 heavy (non-hydrogen) atoms. The molecule has 1 aromatic rings. The lowest BCUT2D eigenvalue weighted by molar-refractivity contribution is 0.729. The Bertz CT molecular complexity index is 347. The van der Waals surface area contributed by atoms with Crippen LogP contribution in [-0.2, 0) is 12.8 Å². The van der Waals surface area contributed by atoms with E-state index in [0.717, 1.165) is 24.1 Å². The van der Waals surface area contributed by atoms with Gasteiger partial charge in [-0.1, -0.05) is 6.07 Å². The normalized spacial score (nSPS) is 16.7. The Labute approximate surface area is 84.3 Å². The predicted molar refractivity (Wildman–Crippen MR) is 58.9 cm³/mol. The lowest BCUT2D eigenvalue weighted by atomic mass is 9.96. The summed E-state index contributed by atoms with van der Waals surface area (Å²) < 4.78 is 0. The monoisotopic (exact) mass is 191 g/mol. The van der Waals surface area contributed by atoms with Crippen molar-refractivity contribution < 1.29 is 0 Å². The van der Waals surface area contributed by atoms with Crippen molar-refractivity contribution >= 4 is 5.69 Å². The first-order valence-electron chi connectivity index (χ1n) is 5.09. The van der Waals surface area contributed by atoms with E-state index >= 15 is 0 Å². The second-order valence-corrected chi connectivity index (χ2v) is 3.90. The van der Waals surface area contributed by atoms with Gasteiger partial charge in [0, 0.05) is 18.3 Å². The van der Waals surface area contributed by atoms with Crippen LogP contribution in [-0.4, -0.2) is 6.54 Å². The molecule has 1 atom stereocenters. The van der Waals surface area contributed by atoms with E-state index < -0.39 is 0 Å². The van der Waals surface area contributed by atoms with Crippen LogP contribution >= 0.6 is 0 Å². The average Bonchev–Trinajstić information content (AvgIpc) is 2.64. The Morgan fingerprint density at radius 3 is 2.79 bits per heavy atom. The maximum atomic E-state index is 5.96. The van der Waals surface area contributed by atoms with Gasteiger partial charge >= 0.3 is 0 Å². The van der Waals surface area contributed by atoms with Gasteiger partial charge in [0.1, 0.15) is 0 Å². The third-order valence-electron chi connectivity index (χ3n) is 2.99. The Hall–Kier alpha value is -1.06. The lowest BCUT2D eigenvalue weighted by Crippen LogP contribution is -2.23.